The van der Waals surface area contributed by atoms with E-state index in [1.807, 2.05) is 12.1 Å². The first kappa shape index (κ1) is 16.4. The minimum Gasteiger partial charge on any atom is -0.372 e. The fourth-order valence-electron chi connectivity index (χ4n) is 2.68. The molecule has 0 aliphatic carbocycles. The highest BCUT2D eigenvalue weighted by Crippen LogP contribution is 2.18. The summed E-state index contributed by atoms with van der Waals surface area (Å²) < 4.78 is 32.5. The number of pyridine rings is 2. The van der Waals surface area contributed by atoms with Gasteiger partial charge in [0.2, 0.25) is 0 Å². The molecule has 1 amide bonds. The lowest BCUT2D eigenvalue weighted by atomic mass is 10.1. The summed E-state index contributed by atoms with van der Waals surface area (Å²) in [6, 6.07) is 4.41. The first-order valence-corrected chi connectivity index (χ1v) is 7.74. The summed E-state index contributed by atoms with van der Waals surface area (Å²) in [5.74, 6) is -2.29. The molecule has 1 fully saturated rings. The number of halogens is 2. The van der Waals surface area contributed by atoms with Crippen molar-refractivity contribution in [1.82, 2.24) is 14.9 Å². The smallest absolute Gasteiger partial charge is 0.275 e. The fourth-order valence-corrected chi connectivity index (χ4v) is 2.68. The molecule has 1 saturated heterocycles. The molecule has 0 unspecified atom stereocenters. The molecule has 0 spiro atoms. The van der Waals surface area contributed by atoms with Gasteiger partial charge in [-0.3, -0.25) is 9.78 Å². The summed E-state index contributed by atoms with van der Waals surface area (Å²) in [5.41, 5.74) is 0.594. The van der Waals surface area contributed by atoms with Crippen molar-refractivity contribution in [2.75, 3.05) is 13.1 Å². The molecule has 1 atom stereocenters. The van der Waals surface area contributed by atoms with Gasteiger partial charge in [0.15, 0.2) is 11.5 Å². The molecule has 0 radical (unpaired) electrons. The zero-order valence-corrected chi connectivity index (χ0v) is 13.0. The van der Waals surface area contributed by atoms with Gasteiger partial charge in [0, 0.05) is 31.5 Å². The molecule has 0 saturated carbocycles. The average molecular weight is 333 g/mol. The van der Waals surface area contributed by atoms with Crippen LogP contribution >= 0.6 is 0 Å². The Morgan fingerprint density at radius 1 is 1.38 bits per heavy atom. The normalized spacial score (nSPS) is 17.8. The summed E-state index contributed by atoms with van der Waals surface area (Å²) in [4.78, 5) is 21.5. The summed E-state index contributed by atoms with van der Waals surface area (Å²) in [6.45, 7) is 1.27. The lowest BCUT2D eigenvalue weighted by Gasteiger charge is -2.32. The number of amides is 1. The van der Waals surface area contributed by atoms with Gasteiger partial charge in [0.1, 0.15) is 5.82 Å². The second-order valence-electron chi connectivity index (χ2n) is 5.67. The Kier molecular flexibility index (Phi) is 5.10. The molecule has 1 aliphatic heterocycles. The number of hydrogen-bond acceptors (Lipinski definition) is 4. The number of carbonyl (C=O) groups is 1. The Bertz CT molecular complexity index is 712. The van der Waals surface area contributed by atoms with Gasteiger partial charge in [-0.05, 0) is 24.5 Å². The Labute approximate surface area is 138 Å². The Morgan fingerprint density at radius 2 is 2.25 bits per heavy atom. The van der Waals surface area contributed by atoms with Gasteiger partial charge in [0.05, 0.1) is 18.9 Å². The maximum atomic E-state index is 13.7. The minimum atomic E-state index is -0.946. The maximum Gasteiger partial charge on any atom is 0.275 e. The van der Waals surface area contributed by atoms with Crippen LogP contribution in [0, 0.1) is 11.6 Å². The average Bonchev–Trinajstić information content (AvgIpc) is 2.61. The van der Waals surface area contributed by atoms with Crippen molar-refractivity contribution in [3.63, 3.8) is 0 Å². The molecule has 24 heavy (non-hydrogen) atoms. The maximum absolute atomic E-state index is 13.7. The van der Waals surface area contributed by atoms with E-state index >= 15 is 0 Å². The van der Waals surface area contributed by atoms with E-state index in [4.69, 9.17) is 4.74 Å². The van der Waals surface area contributed by atoms with E-state index in [1.165, 1.54) is 4.90 Å². The molecule has 2 aromatic rings. The van der Waals surface area contributed by atoms with Gasteiger partial charge < -0.3 is 9.64 Å². The van der Waals surface area contributed by atoms with Crippen LogP contribution in [-0.2, 0) is 11.3 Å². The van der Waals surface area contributed by atoms with Crippen LogP contribution < -0.4 is 0 Å². The van der Waals surface area contributed by atoms with E-state index in [2.05, 4.69) is 9.97 Å². The molecule has 7 heteroatoms. The summed E-state index contributed by atoms with van der Waals surface area (Å²) in [7, 11) is 0. The summed E-state index contributed by atoms with van der Waals surface area (Å²) >= 11 is 0. The van der Waals surface area contributed by atoms with E-state index in [1.54, 1.807) is 12.4 Å². The Morgan fingerprint density at radius 3 is 3.00 bits per heavy atom. The molecule has 5 nitrogen and oxygen atoms in total. The Hall–Kier alpha value is -2.41. The van der Waals surface area contributed by atoms with Crippen molar-refractivity contribution < 1.29 is 18.3 Å². The van der Waals surface area contributed by atoms with Crippen LogP contribution in [0.15, 0.2) is 36.8 Å². The third-order valence-corrected chi connectivity index (χ3v) is 3.88. The van der Waals surface area contributed by atoms with Crippen LogP contribution in [0.3, 0.4) is 0 Å². The van der Waals surface area contributed by atoms with Crippen molar-refractivity contribution in [3.05, 3.63) is 59.7 Å². The molecule has 3 heterocycles. The fraction of sp³-hybridized carbons (Fsp3) is 0.353. The first-order chi connectivity index (χ1) is 11.6. The quantitative estimate of drug-likeness (QED) is 0.863. The topological polar surface area (TPSA) is 55.3 Å². The summed E-state index contributed by atoms with van der Waals surface area (Å²) in [6.07, 6.45) is 5.70. The van der Waals surface area contributed by atoms with E-state index in [0.29, 0.717) is 25.8 Å². The van der Waals surface area contributed by atoms with Crippen molar-refractivity contribution in [3.8, 4) is 0 Å². The van der Waals surface area contributed by atoms with Crippen LogP contribution in [0.25, 0.3) is 0 Å². The number of ether oxygens (including phenoxy) is 1. The van der Waals surface area contributed by atoms with Crippen LogP contribution in [0.5, 0.6) is 0 Å². The van der Waals surface area contributed by atoms with Gasteiger partial charge in [0.25, 0.3) is 5.91 Å². The highest BCUT2D eigenvalue weighted by molar-refractivity contribution is 5.92. The number of likely N-dealkylation sites (tertiary alicyclic amines) is 1. The van der Waals surface area contributed by atoms with Gasteiger partial charge in [-0.2, -0.15) is 0 Å². The van der Waals surface area contributed by atoms with E-state index < -0.39 is 17.5 Å². The molecule has 0 N–H and O–H groups in total. The highest BCUT2D eigenvalue weighted by Gasteiger charge is 2.27. The standard InChI is InChI=1S/C17H17F2N3O2/c18-13-7-15(19)16(21-9-13)17(23)22-6-2-4-14(10-22)24-11-12-3-1-5-20-8-12/h1,3,5,7-9,14H,2,4,6,10-11H2/t14-/m0/s1. The molecule has 1 aliphatic rings. The molecular weight excluding hydrogens is 316 g/mol. The first-order valence-electron chi connectivity index (χ1n) is 7.74. The predicted octanol–water partition coefficient (Wildman–Crippen LogP) is 2.58. The van der Waals surface area contributed by atoms with Crippen LogP contribution in [0.1, 0.15) is 28.9 Å². The van der Waals surface area contributed by atoms with E-state index in [9.17, 15) is 13.6 Å². The minimum absolute atomic E-state index is 0.133. The van der Waals surface area contributed by atoms with Gasteiger partial charge in [-0.25, -0.2) is 13.8 Å². The number of rotatable bonds is 4. The number of aromatic nitrogens is 2. The monoisotopic (exact) mass is 333 g/mol. The highest BCUT2D eigenvalue weighted by atomic mass is 19.1. The lowest BCUT2D eigenvalue weighted by Crippen LogP contribution is -2.43. The molecule has 3 rings (SSSR count). The number of carbonyl (C=O) groups excluding carboxylic acids is 1. The van der Waals surface area contributed by atoms with Crippen LogP contribution in [-0.4, -0.2) is 40.0 Å². The van der Waals surface area contributed by atoms with Crippen LogP contribution in [0.2, 0.25) is 0 Å². The van der Waals surface area contributed by atoms with Crippen LogP contribution in [0.4, 0.5) is 8.78 Å². The SMILES string of the molecule is O=C(c1ncc(F)cc1F)N1CCC[C@H](OCc2cccnc2)C1. The zero-order chi connectivity index (χ0) is 16.9. The van der Waals surface area contributed by atoms with Crippen molar-refractivity contribution in [2.24, 2.45) is 0 Å². The van der Waals surface area contributed by atoms with Crippen molar-refractivity contribution in [2.45, 2.75) is 25.6 Å². The van der Waals surface area contributed by atoms with E-state index in [-0.39, 0.29) is 11.8 Å². The van der Waals surface area contributed by atoms with E-state index in [0.717, 1.165) is 24.6 Å². The van der Waals surface area contributed by atoms with Crippen molar-refractivity contribution in [1.29, 1.82) is 0 Å². The van der Waals surface area contributed by atoms with Gasteiger partial charge in [-0.15, -0.1) is 0 Å². The second-order valence-corrected chi connectivity index (χ2v) is 5.67. The zero-order valence-electron chi connectivity index (χ0n) is 13.0. The number of piperidine rings is 1. The third kappa shape index (κ3) is 3.91. The molecular formula is C17H17F2N3O2. The molecule has 0 aromatic carbocycles. The third-order valence-electron chi connectivity index (χ3n) is 3.88. The number of nitrogens with zero attached hydrogens (tertiary/aromatic N) is 3. The lowest BCUT2D eigenvalue weighted by molar-refractivity contribution is -0.00711. The second kappa shape index (κ2) is 7.44. The van der Waals surface area contributed by atoms with Crippen molar-refractivity contribution >= 4 is 5.91 Å². The Balaban J connectivity index is 1.61. The predicted molar refractivity (Wildman–Crippen MR) is 82.1 cm³/mol. The van der Waals surface area contributed by atoms with Gasteiger partial charge in [-0.1, -0.05) is 6.07 Å². The molecule has 2 aromatic heterocycles. The largest absolute Gasteiger partial charge is 0.372 e. The number of hydrogen-bond donors (Lipinski definition) is 0. The van der Waals surface area contributed by atoms with Gasteiger partial charge >= 0.3 is 0 Å². The molecule has 0 bridgehead atoms. The summed E-state index contributed by atoms with van der Waals surface area (Å²) in [5, 5.41) is 0. The molecule has 126 valence electrons.